The first-order chi connectivity index (χ1) is 9.45. The predicted molar refractivity (Wildman–Crippen MR) is 88.8 cm³/mol. The maximum absolute atomic E-state index is 9.28. The average Bonchev–Trinajstić information content (AvgIpc) is 2.39. The van der Waals surface area contributed by atoms with Crippen LogP contribution in [0.5, 0.6) is 5.75 Å². The Morgan fingerprint density at radius 3 is 2.55 bits per heavy atom. The van der Waals surface area contributed by atoms with Crippen LogP contribution in [0.3, 0.4) is 0 Å². The Hall–Kier alpha value is -1.19. The van der Waals surface area contributed by atoms with Crippen molar-refractivity contribution in [3.05, 3.63) is 57.0 Å². The van der Waals surface area contributed by atoms with Crippen molar-refractivity contribution in [1.82, 2.24) is 0 Å². The van der Waals surface area contributed by atoms with Crippen molar-refractivity contribution in [1.29, 1.82) is 0 Å². The van der Waals surface area contributed by atoms with E-state index in [1.54, 1.807) is 12.1 Å². The summed E-state index contributed by atoms with van der Waals surface area (Å²) in [7, 11) is 0. The highest BCUT2D eigenvalue weighted by Crippen LogP contribution is 2.29. The number of halogens is 2. The number of aromatic hydroxyl groups is 1. The van der Waals surface area contributed by atoms with Gasteiger partial charge in [-0.05, 0) is 71.6 Å². The van der Waals surface area contributed by atoms with Crippen LogP contribution in [0.2, 0.25) is 5.02 Å². The highest BCUT2D eigenvalue weighted by molar-refractivity contribution is 9.10. The standard InChI is InChI=1S/C16H17BrClNO/c1-10-7-14(17)16(9-15(10)18)19-11(2)8-12-3-5-13(20)6-4-12/h3-7,9,11,19-20H,8H2,1-2H3. The highest BCUT2D eigenvalue weighted by Gasteiger charge is 2.08. The molecule has 2 nitrogen and oxygen atoms in total. The van der Waals surface area contributed by atoms with E-state index in [-0.39, 0.29) is 6.04 Å². The first-order valence-electron chi connectivity index (χ1n) is 6.46. The van der Waals surface area contributed by atoms with Crippen LogP contribution < -0.4 is 5.32 Å². The summed E-state index contributed by atoms with van der Waals surface area (Å²) in [6, 6.07) is 11.5. The lowest BCUT2D eigenvalue weighted by Gasteiger charge is -2.17. The third kappa shape index (κ3) is 3.90. The Morgan fingerprint density at radius 2 is 1.90 bits per heavy atom. The van der Waals surface area contributed by atoms with Crippen molar-refractivity contribution < 1.29 is 5.11 Å². The van der Waals surface area contributed by atoms with Gasteiger partial charge in [-0.3, -0.25) is 0 Å². The van der Waals surface area contributed by atoms with Gasteiger partial charge in [0, 0.05) is 15.5 Å². The zero-order chi connectivity index (χ0) is 14.7. The van der Waals surface area contributed by atoms with Gasteiger partial charge < -0.3 is 10.4 Å². The smallest absolute Gasteiger partial charge is 0.115 e. The highest BCUT2D eigenvalue weighted by atomic mass is 79.9. The van der Waals surface area contributed by atoms with Gasteiger partial charge in [0.2, 0.25) is 0 Å². The molecule has 1 unspecified atom stereocenters. The van der Waals surface area contributed by atoms with E-state index >= 15 is 0 Å². The Bertz CT molecular complexity index is 598. The van der Waals surface area contributed by atoms with Gasteiger partial charge in [0.05, 0.1) is 5.69 Å². The number of hydrogen-bond donors (Lipinski definition) is 2. The lowest BCUT2D eigenvalue weighted by Crippen LogP contribution is -2.18. The van der Waals surface area contributed by atoms with Crippen LogP contribution in [-0.2, 0) is 6.42 Å². The molecular formula is C16H17BrClNO. The summed E-state index contributed by atoms with van der Waals surface area (Å²) >= 11 is 9.71. The van der Waals surface area contributed by atoms with Crippen LogP contribution in [0, 0.1) is 6.92 Å². The molecule has 0 aliphatic rings. The van der Waals surface area contributed by atoms with E-state index in [4.69, 9.17) is 11.6 Å². The molecule has 1 atom stereocenters. The zero-order valence-corrected chi connectivity index (χ0v) is 13.8. The van der Waals surface area contributed by atoms with Gasteiger partial charge in [0.15, 0.2) is 0 Å². The zero-order valence-electron chi connectivity index (χ0n) is 11.5. The van der Waals surface area contributed by atoms with Crippen LogP contribution in [0.1, 0.15) is 18.1 Å². The van der Waals surface area contributed by atoms with Crippen molar-refractivity contribution in [2.75, 3.05) is 5.32 Å². The molecule has 0 saturated carbocycles. The molecule has 4 heteroatoms. The fourth-order valence-corrected chi connectivity index (χ4v) is 2.79. The Balaban J connectivity index is 2.06. The van der Waals surface area contributed by atoms with Crippen molar-refractivity contribution in [2.45, 2.75) is 26.3 Å². The lowest BCUT2D eigenvalue weighted by atomic mass is 10.1. The SMILES string of the molecule is Cc1cc(Br)c(NC(C)Cc2ccc(O)cc2)cc1Cl. The molecule has 0 aliphatic heterocycles. The molecule has 0 fully saturated rings. The molecule has 20 heavy (non-hydrogen) atoms. The summed E-state index contributed by atoms with van der Waals surface area (Å²) < 4.78 is 1.01. The van der Waals surface area contributed by atoms with Crippen molar-refractivity contribution >= 4 is 33.2 Å². The summed E-state index contributed by atoms with van der Waals surface area (Å²) in [6.07, 6.45) is 0.873. The van der Waals surface area contributed by atoms with Crippen LogP contribution in [-0.4, -0.2) is 11.1 Å². The first-order valence-corrected chi connectivity index (χ1v) is 7.63. The summed E-state index contributed by atoms with van der Waals surface area (Å²) in [5, 5.41) is 13.5. The molecule has 0 heterocycles. The summed E-state index contributed by atoms with van der Waals surface area (Å²) in [6.45, 7) is 4.10. The van der Waals surface area contributed by atoms with E-state index in [0.29, 0.717) is 5.75 Å². The van der Waals surface area contributed by atoms with E-state index in [9.17, 15) is 5.11 Å². The maximum Gasteiger partial charge on any atom is 0.115 e. The van der Waals surface area contributed by atoms with Crippen molar-refractivity contribution in [3.63, 3.8) is 0 Å². The van der Waals surface area contributed by atoms with E-state index < -0.39 is 0 Å². The number of hydrogen-bond acceptors (Lipinski definition) is 2. The molecular weight excluding hydrogens is 338 g/mol. The number of aryl methyl sites for hydroxylation is 1. The third-order valence-corrected chi connectivity index (χ3v) is 4.19. The molecule has 0 radical (unpaired) electrons. The summed E-state index contributed by atoms with van der Waals surface area (Å²) in [5.41, 5.74) is 3.22. The molecule has 0 bridgehead atoms. The average molecular weight is 355 g/mol. The van der Waals surface area contributed by atoms with Gasteiger partial charge >= 0.3 is 0 Å². The van der Waals surface area contributed by atoms with Crippen LogP contribution >= 0.6 is 27.5 Å². The molecule has 2 aromatic carbocycles. The molecule has 2 N–H and O–H groups in total. The second-order valence-electron chi connectivity index (χ2n) is 5.00. The van der Waals surface area contributed by atoms with Gasteiger partial charge in [-0.25, -0.2) is 0 Å². The topological polar surface area (TPSA) is 32.3 Å². The van der Waals surface area contributed by atoms with Gasteiger partial charge in [0.1, 0.15) is 5.75 Å². The lowest BCUT2D eigenvalue weighted by molar-refractivity contribution is 0.475. The van der Waals surface area contributed by atoms with Crippen LogP contribution in [0.15, 0.2) is 40.9 Å². The minimum Gasteiger partial charge on any atom is -0.508 e. The Labute approximate surface area is 132 Å². The summed E-state index contributed by atoms with van der Waals surface area (Å²) in [5.74, 6) is 0.294. The van der Waals surface area contributed by atoms with E-state index in [1.165, 1.54) is 5.56 Å². The van der Waals surface area contributed by atoms with Gasteiger partial charge in [0.25, 0.3) is 0 Å². The van der Waals surface area contributed by atoms with E-state index in [1.807, 2.05) is 31.2 Å². The van der Waals surface area contributed by atoms with Crippen molar-refractivity contribution in [3.8, 4) is 5.75 Å². The second kappa shape index (κ2) is 6.51. The number of rotatable bonds is 4. The minimum atomic E-state index is 0.259. The molecule has 0 aliphatic carbocycles. The molecule has 0 aromatic heterocycles. The third-order valence-electron chi connectivity index (χ3n) is 3.13. The number of anilines is 1. The molecule has 0 amide bonds. The fraction of sp³-hybridized carbons (Fsp3) is 0.250. The number of phenols is 1. The molecule has 106 valence electrons. The monoisotopic (exact) mass is 353 g/mol. The van der Waals surface area contributed by atoms with Crippen molar-refractivity contribution in [2.24, 2.45) is 0 Å². The summed E-state index contributed by atoms with van der Waals surface area (Å²) in [4.78, 5) is 0. The normalized spacial score (nSPS) is 12.2. The van der Waals surface area contributed by atoms with Crippen LogP contribution in [0.4, 0.5) is 5.69 Å². The number of phenolic OH excluding ortho intramolecular Hbond substituents is 1. The molecule has 2 aromatic rings. The van der Waals surface area contributed by atoms with Gasteiger partial charge in [-0.1, -0.05) is 23.7 Å². The first kappa shape index (κ1) is 15.2. The molecule has 0 saturated heterocycles. The van der Waals surface area contributed by atoms with Crippen LogP contribution in [0.25, 0.3) is 0 Å². The molecule has 2 rings (SSSR count). The number of benzene rings is 2. The largest absolute Gasteiger partial charge is 0.508 e. The minimum absolute atomic E-state index is 0.259. The Kier molecular flexibility index (Phi) is 4.95. The number of nitrogens with one attached hydrogen (secondary N) is 1. The van der Waals surface area contributed by atoms with E-state index in [2.05, 4.69) is 28.2 Å². The quantitative estimate of drug-likeness (QED) is 0.795. The maximum atomic E-state index is 9.28. The molecule has 0 spiro atoms. The second-order valence-corrected chi connectivity index (χ2v) is 6.26. The van der Waals surface area contributed by atoms with Gasteiger partial charge in [-0.15, -0.1) is 0 Å². The van der Waals surface area contributed by atoms with Gasteiger partial charge in [-0.2, -0.15) is 0 Å². The predicted octanol–water partition coefficient (Wildman–Crippen LogP) is 5.16. The Morgan fingerprint density at radius 1 is 1.25 bits per heavy atom. The van der Waals surface area contributed by atoms with E-state index in [0.717, 1.165) is 27.2 Å². The fourth-order valence-electron chi connectivity index (χ4n) is 2.06.